The zero-order chi connectivity index (χ0) is 21.6. The first-order valence-corrected chi connectivity index (χ1v) is 8.16. The fourth-order valence-electron chi connectivity index (χ4n) is 2.43. The maximum absolute atomic E-state index is 13.0. The highest BCUT2D eigenvalue weighted by atomic mass is 19.4. The lowest BCUT2D eigenvalue weighted by Gasteiger charge is -2.16. The molecule has 0 spiro atoms. The number of primary amides is 1. The quantitative estimate of drug-likeness (QED) is 0.669. The summed E-state index contributed by atoms with van der Waals surface area (Å²) in [5.41, 5.74) is 3.92. The highest BCUT2D eigenvalue weighted by molar-refractivity contribution is 5.91. The topological polar surface area (TPSA) is 97.1 Å². The Morgan fingerprint density at radius 2 is 1.62 bits per heavy atom. The van der Waals surface area contributed by atoms with Crippen molar-refractivity contribution in [1.29, 1.82) is 0 Å². The Labute approximate surface area is 164 Å². The van der Waals surface area contributed by atoms with Crippen LogP contribution >= 0.6 is 0 Å². The molecule has 2 aromatic carbocycles. The molecule has 0 aliphatic heterocycles. The summed E-state index contributed by atoms with van der Waals surface area (Å²) < 4.78 is 59.6. The summed E-state index contributed by atoms with van der Waals surface area (Å²) in [6, 6.07) is 7.27. The number of rotatable bonds is 8. The lowest BCUT2D eigenvalue weighted by Crippen LogP contribution is -2.20. The third-order valence-electron chi connectivity index (χ3n) is 3.74. The third kappa shape index (κ3) is 5.53. The number of hydrogen-bond donors (Lipinski definition) is 1. The molecule has 29 heavy (non-hydrogen) atoms. The summed E-state index contributed by atoms with van der Waals surface area (Å²) in [6.45, 7) is -1.04. The van der Waals surface area contributed by atoms with Crippen LogP contribution in [-0.4, -0.2) is 32.7 Å². The van der Waals surface area contributed by atoms with E-state index >= 15 is 0 Å². The molecule has 1 amide bonds. The van der Waals surface area contributed by atoms with Crippen LogP contribution in [0.25, 0.3) is 0 Å². The number of methoxy groups -OCH3 is 2. The van der Waals surface area contributed by atoms with Gasteiger partial charge in [-0.15, -0.1) is 0 Å². The minimum Gasteiger partial charge on any atom is -0.493 e. The molecule has 0 radical (unpaired) electrons. The van der Waals surface area contributed by atoms with Crippen molar-refractivity contribution >= 4 is 11.9 Å². The van der Waals surface area contributed by atoms with E-state index in [1.807, 2.05) is 0 Å². The number of alkyl halides is 3. The molecule has 10 heteroatoms. The van der Waals surface area contributed by atoms with Gasteiger partial charge in [0, 0.05) is 5.56 Å². The standard InChI is InChI=1S/C19H18F3NO6/c1-26-14-7-12(8-15(27-2)17(14)28-10-16(23)24)18(25)29-9-11-5-3-4-6-13(11)19(20,21)22/h3-8H,9-10H2,1-2H3,(H2,23,24). The van der Waals surface area contributed by atoms with E-state index in [2.05, 4.69) is 0 Å². The number of esters is 1. The van der Waals surface area contributed by atoms with Gasteiger partial charge < -0.3 is 24.7 Å². The number of halogens is 3. The van der Waals surface area contributed by atoms with Crippen molar-refractivity contribution in [2.75, 3.05) is 20.8 Å². The van der Waals surface area contributed by atoms with Gasteiger partial charge in [0.2, 0.25) is 5.75 Å². The Kier molecular flexibility index (Phi) is 6.92. The predicted octanol–water partition coefficient (Wildman–Crippen LogP) is 2.94. The van der Waals surface area contributed by atoms with E-state index < -0.39 is 36.8 Å². The van der Waals surface area contributed by atoms with E-state index in [1.165, 1.54) is 44.6 Å². The molecular weight excluding hydrogens is 395 g/mol. The SMILES string of the molecule is COc1cc(C(=O)OCc2ccccc2C(F)(F)F)cc(OC)c1OCC(N)=O. The maximum atomic E-state index is 13.0. The Morgan fingerprint density at radius 3 is 2.14 bits per heavy atom. The summed E-state index contributed by atoms with van der Waals surface area (Å²) in [7, 11) is 2.58. The fraction of sp³-hybridized carbons (Fsp3) is 0.263. The van der Waals surface area contributed by atoms with E-state index in [0.717, 1.165) is 6.07 Å². The van der Waals surface area contributed by atoms with Crippen molar-refractivity contribution in [3.63, 3.8) is 0 Å². The number of carbonyl (C=O) groups excluding carboxylic acids is 2. The maximum Gasteiger partial charge on any atom is 0.416 e. The molecule has 156 valence electrons. The summed E-state index contributed by atoms with van der Waals surface area (Å²) in [4.78, 5) is 23.3. The zero-order valence-corrected chi connectivity index (χ0v) is 15.5. The number of nitrogens with two attached hydrogens (primary N) is 1. The molecule has 0 heterocycles. The number of amides is 1. The second-order valence-electron chi connectivity index (χ2n) is 5.70. The van der Waals surface area contributed by atoms with E-state index in [4.69, 9.17) is 24.7 Å². The zero-order valence-electron chi connectivity index (χ0n) is 15.5. The Morgan fingerprint density at radius 1 is 1.03 bits per heavy atom. The van der Waals surface area contributed by atoms with Gasteiger partial charge in [-0.05, 0) is 18.2 Å². The second kappa shape index (κ2) is 9.18. The van der Waals surface area contributed by atoms with Crippen LogP contribution in [0.2, 0.25) is 0 Å². The van der Waals surface area contributed by atoms with Gasteiger partial charge in [-0.1, -0.05) is 18.2 Å². The van der Waals surface area contributed by atoms with Crippen molar-refractivity contribution in [2.45, 2.75) is 12.8 Å². The Hall–Kier alpha value is -3.43. The Balaban J connectivity index is 2.24. The minimum absolute atomic E-state index is 0.0350. The largest absolute Gasteiger partial charge is 0.493 e. The summed E-state index contributed by atoms with van der Waals surface area (Å²) in [5, 5.41) is 0. The van der Waals surface area contributed by atoms with Crippen LogP contribution in [0.3, 0.4) is 0 Å². The molecule has 0 bridgehead atoms. The van der Waals surface area contributed by atoms with E-state index in [-0.39, 0.29) is 28.4 Å². The first-order valence-electron chi connectivity index (χ1n) is 8.16. The molecule has 0 aliphatic rings. The van der Waals surface area contributed by atoms with Gasteiger partial charge in [-0.2, -0.15) is 13.2 Å². The summed E-state index contributed by atoms with van der Waals surface area (Å²) >= 11 is 0. The third-order valence-corrected chi connectivity index (χ3v) is 3.74. The molecule has 7 nitrogen and oxygen atoms in total. The van der Waals surface area contributed by atoms with Crippen LogP contribution in [0.4, 0.5) is 13.2 Å². The van der Waals surface area contributed by atoms with Gasteiger partial charge >= 0.3 is 12.1 Å². The van der Waals surface area contributed by atoms with E-state index in [9.17, 15) is 22.8 Å². The molecule has 2 aromatic rings. The minimum atomic E-state index is -4.57. The van der Waals surface area contributed by atoms with Crippen molar-refractivity contribution in [2.24, 2.45) is 5.73 Å². The highest BCUT2D eigenvalue weighted by Gasteiger charge is 2.33. The van der Waals surface area contributed by atoms with Crippen molar-refractivity contribution in [3.8, 4) is 17.2 Å². The lowest BCUT2D eigenvalue weighted by atomic mass is 10.1. The van der Waals surface area contributed by atoms with Crippen LogP contribution in [0.15, 0.2) is 36.4 Å². The molecule has 0 aliphatic carbocycles. The molecule has 0 unspecified atom stereocenters. The van der Waals surface area contributed by atoms with E-state index in [1.54, 1.807) is 0 Å². The summed E-state index contributed by atoms with van der Waals surface area (Å²) in [6.07, 6.45) is -4.57. The molecule has 0 atom stereocenters. The molecule has 0 saturated heterocycles. The Bertz CT molecular complexity index is 873. The van der Waals surface area contributed by atoms with Crippen LogP contribution < -0.4 is 19.9 Å². The molecule has 0 fully saturated rings. The van der Waals surface area contributed by atoms with Gasteiger partial charge in [0.15, 0.2) is 18.1 Å². The van der Waals surface area contributed by atoms with Crippen LogP contribution in [0.5, 0.6) is 17.2 Å². The molecule has 2 N–H and O–H groups in total. The van der Waals surface area contributed by atoms with Gasteiger partial charge in [0.1, 0.15) is 6.61 Å². The molecule has 2 rings (SSSR count). The predicted molar refractivity (Wildman–Crippen MR) is 94.8 cm³/mol. The van der Waals surface area contributed by atoms with Crippen molar-refractivity contribution < 1.29 is 41.7 Å². The van der Waals surface area contributed by atoms with Crippen LogP contribution in [0, 0.1) is 0 Å². The van der Waals surface area contributed by atoms with Gasteiger partial charge in [-0.25, -0.2) is 4.79 Å². The molecule has 0 saturated carbocycles. The second-order valence-corrected chi connectivity index (χ2v) is 5.70. The summed E-state index contributed by atoms with van der Waals surface area (Å²) in [5.74, 6) is -1.50. The first-order chi connectivity index (χ1) is 13.7. The number of ether oxygens (including phenoxy) is 4. The van der Waals surface area contributed by atoms with E-state index in [0.29, 0.717) is 0 Å². The fourth-order valence-corrected chi connectivity index (χ4v) is 2.43. The first kappa shape index (κ1) is 21.9. The van der Waals surface area contributed by atoms with Gasteiger partial charge in [0.05, 0.1) is 25.3 Å². The number of benzene rings is 2. The molecular formula is C19H18F3NO6. The van der Waals surface area contributed by atoms with Crippen molar-refractivity contribution in [1.82, 2.24) is 0 Å². The average molecular weight is 413 g/mol. The highest BCUT2D eigenvalue weighted by Crippen LogP contribution is 2.39. The monoisotopic (exact) mass is 413 g/mol. The average Bonchev–Trinajstić information content (AvgIpc) is 2.69. The smallest absolute Gasteiger partial charge is 0.416 e. The lowest BCUT2D eigenvalue weighted by molar-refractivity contribution is -0.138. The number of carbonyl (C=O) groups is 2. The number of hydrogen-bond acceptors (Lipinski definition) is 6. The van der Waals surface area contributed by atoms with Gasteiger partial charge in [0.25, 0.3) is 5.91 Å². The van der Waals surface area contributed by atoms with Gasteiger partial charge in [-0.3, -0.25) is 4.79 Å². The van der Waals surface area contributed by atoms with Crippen LogP contribution in [-0.2, 0) is 22.3 Å². The van der Waals surface area contributed by atoms with Crippen LogP contribution in [0.1, 0.15) is 21.5 Å². The normalized spacial score (nSPS) is 10.9. The van der Waals surface area contributed by atoms with Crippen molar-refractivity contribution in [3.05, 3.63) is 53.1 Å². The molecule has 0 aromatic heterocycles.